The number of hydrogen-bond acceptors (Lipinski definition) is 6. The molecule has 0 aromatic heterocycles. The van der Waals surface area contributed by atoms with Crippen molar-refractivity contribution in [2.45, 2.75) is 95.6 Å². The molecule has 0 unspecified atom stereocenters. The Labute approximate surface area is 435 Å². The van der Waals surface area contributed by atoms with E-state index in [9.17, 15) is 20.1 Å². The van der Waals surface area contributed by atoms with Gasteiger partial charge in [0.1, 0.15) is 10.8 Å². The Morgan fingerprint density at radius 2 is 0.859 bits per heavy atom. The number of amides is 2. The minimum absolute atomic E-state index is 0. The van der Waals surface area contributed by atoms with Crippen LogP contribution in [0.5, 0.6) is 0 Å². The second kappa shape index (κ2) is 29.8. The van der Waals surface area contributed by atoms with Crippen molar-refractivity contribution >= 4 is 47.5 Å². The zero-order valence-electron chi connectivity index (χ0n) is 40.9. The number of anilines is 2. The summed E-state index contributed by atoms with van der Waals surface area (Å²) in [4.78, 5) is 31.3. The first-order valence-corrected chi connectivity index (χ1v) is 25.7. The highest BCUT2D eigenvalue weighted by molar-refractivity contribution is 9.09. The second-order valence-electron chi connectivity index (χ2n) is 17.6. The third kappa shape index (κ3) is 14.9. The molecular formula is C61H71BBrN6O2. The lowest BCUT2D eigenvalue weighted by atomic mass is 9.73. The summed E-state index contributed by atoms with van der Waals surface area (Å²) in [7, 11) is 0. The number of benzene rings is 6. The summed E-state index contributed by atoms with van der Waals surface area (Å²) < 4.78 is 0. The van der Waals surface area contributed by atoms with E-state index in [-0.39, 0.29) is 33.7 Å². The van der Waals surface area contributed by atoms with Gasteiger partial charge >= 0.3 is 0 Å². The number of likely N-dealkylation sites (tertiary alicyclic amines) is 1. The highest BCUT2D eigenvalue weighted by Crippen LogP contribution is 2.37. The van der Waals surface area contributed by atoms with E-state index in [4.69, 9.17) is 0 Å². The highest BCUT2D eigenvalue weighted by Gasteiger charge is 2.37. The number of piperidine rings is 2. The quantitative estimate of drug-likeness (QED) is 0.0812. The summed E-state index contributed by atoms with van der Waals surface area (Å²) in [6, 6.07) is 66.1. The van der Waals surface area contributed by atoms with Crippen molar-refractivity contribution in [3.63, 3.8) is 0 Å². The fourth-order valence-corrected chi connectivity index (χ4v) is 10.3. The van der Waals surface area contributed by atoms with Crippen LogP contribution in [0.25, 0.3) is 0 Å². The number of halogens is 1. The van der Waals surface area contributed by atoms with Crippen molar-refractivity contribution in [3.05, 3.63) is 204 Å². The summed E-state index contributed by atoms with van der Waals surface area (Å²) in [5, 5.41) is 24.3. The van der Waals surface area contributed by atoms with Crippen molar-refractivity contribution in [1.82, 2.24) is 10.2 Å². The second-order valence-corrected chi connectivity index (χ2v) is 18.4. The van der Waals surface area contributed by atoms with E-state index in [0.717, 1.165) is 110 Å². The van der Waals surface area contributed by atoms with Crippen LogP contribution in [0.3, 0.4) is 0 Å². The molecule has 367 valence electrons. The van der Waals surface area contributed by atoms with Gasteiger partial charge in [-0.15, -0.1) is 0 Å². The van der Waals surface area contributed by atoms with Gasteiger partial charge in [-0.2, -0.15) is 10.5 Å². The normalized spacial score (nSPS) is 13.9. The number of carbonyl (C=O) groups is 2. The van der Waals surface area contributed by atoms with E-state index in [1.54, 1.807) is 0 Å². The van der Waals surface area contributed by atoms with E-state index in [0.29, 0.717) is 18.9 Å². The molecule has 6 aromatic carbocycles. The topological polar surface area (TPSA) is 103 Å². The third-order valence-electron chi connectivity index (χ3n) is 13.5. The van der Waals surface area contributed by atoms with Crippen LogP contribution in [-0.4, -0.2) is 75.3 Å². The number of rotatable bonds is 15. The maximum atomic E-state index is 12.8. The Bertz CT molecular complexity index is 2430. The first-order chi connectivity index (χ1) is 33.8. The predicted molar refractivity (Wildman–Crippen MR) is 298 cm³/mol. The lowest BCUT2D eigenvalue weighted by Crippen LogP contribution is -2.48. The predicted octanol–water partition coefficient (Wildman–Crippen LogP) is 12.5. The zero-order valence-corrected chi connectivity index (χ0v) is 42.5. The molecule has 0 bridgehead atoms. The summed E-state index contributed by atoms with van der Waals surface area (Å²) in [5.41, 5.74) is 4.98. The van der Waals surface area contributed by atoms with Gasteiger partial charge in [0.2, 0.25) is 11.8 Å². The lowest BCUT2D eigenvalue weighted by Gasteiger charge is -2.39. The molecule has 8 nitrogen and oxygen atoms in total. The number of para-hydroxylation sites is 2. The Balaban J connectivity index is 0.000000250. The van der Waals surface area contributed by atoms with E-state index in [1.165, 1.54) is 0 Å². The molecule has 0 saturated carbocycles. The average Bonchev–Trinajstić information content (AvgIpc) is 3.43. The van der Waals surface area contributed by atoms with Gasteiger partial charge in [0.05, 0.1) is 12.1 Å². The molecule has 1 N–H and O–H groups in total. The van der Waals surface area contributed by atoms with Gasteiger partial charge in [0.15, 0.2) is 0 Å². The molecular weight excluding hydrogens is 939 g/mol. The number of nitrogens with zero attached hydrogens (tertiary/aromatic N) is 5. The van der Waals surface area contributed by atoms with Gasteiger partial charge < -0.3 is 20.0 Å². The molecule has 71 heavy (non-hydrogen) atoms. The number of hydrogen-bond donors (Lipinski definition) is 1. The van der Waals surface area contributed by atoms with E-state index < -0.39 is 10.8 Å². The SMILES string of the molecule is C.CCC(=O)N(c1ccccc1)C1CCN(CCC(C#N)(c2ccccc2)c2ccccc2)CC1.CCC(=O)N(c1ccccc1)C1CCNCC1.N#CC(CCBr)(c1ccccc1)c1ccccc1.[B]. The van der Waals surface area contributed by atoms with E-state index in [2.05, 4.69) is 62.6 Å². The molecule has 2 saturated heterocycles. The minimum atomic E-state index is -0.673. The summed E-state index contributed by atoms with van der Waals surface area (Å²) >= 11 is 3.47. The van der Waals surface area contributed by atoms with Crippen molar-refractivity contribution < 1.29 is 9.59 Å². The summed E-state index contributed by atoms with van der Waals surface area (Å²) in [6.45, 7) is 8.57. The molecule has 8 rings (SSSR count). The molecule has 6 aromatic rings. The molecule has 2 fully saturated rings. The Morgan fingerprint density at radius 1 is 0.549 bits per heavy atom. The number of nitriles is 2. The third-order valence-corrected chi connectivity index (χ3v) is 13.9. The van der Waals surface area contributed by atoms with Gasteiger partial charge in [-0.1, -0.05) is 195 Å². The lowest BCUT2D eigenvalue weighted by molar-refractivity contribution is -0.119. The van der Waals surface area contributed by atoms with Gasteiger partial charge in [-0.3, -0.25) is 9.59 Å². The van der Waals surface area contributed by atoms with Crippen molar-refractivity contribution in [1.29, 1.82) is 10.5 Å². The maximum absolute atomic E-state index is 12.8. The van der Waals surface area contributed by atoms with Crippen LogP contribution < -0.4 is 15.1 Å². The van der Waals surface area contributed by atoms with Crippen LogP contribution in [-0.2, 0) is 20.4 Å². The van der Waals surface area contributed by atoms with Crippen LogP contribution >= 0.6 is 15.9 Å². The zero-order chi connectivity index (χ0) is 48.7. The number of alkyl halides is 1. The van der Waals surface area contributed by atoms with Crippen LogP contribution in [0.15, 0.2) is 182 Å². The van der Waals surface area contributed by atoms with Crippen molar-refractivity contribution in [2.24, 2.45) is 0 Å². The molecule has 2 amide bonds. The molecule has 0 spiro atoms. The van der Waals surface area contributed by atoms with Gasteiger partial charge in [-0.25, -0.2) is 0 Å². The molecule has 3 radical (unpaired) electrons. The van der Waals surface area contributed by atoms with Gasteiger partial charge in [0.25, 0.3) is 0 Å². The fourth-order valence-electron chi connectivity index (χ4n) is 9.74. The Morgan fingerprint density at radius 3 is 1.17 bits per heavy atom. The molecule has 2 aliphatic rings. The van der Waals surface area contributed by atoms with E-state index >= 15 is 0 Å². The standard InChI is InChI=1S/C30H33N3O.C16H14BrN.C14H20N2O.CH4.B/c1-2-29(34)33(27-16-10-5-11-17-27)28-18-21-32(22-19-28)23-20-30(24-31,25-12-6-3-7-13-25)26-14-8-4-9-15-26;17-12-11-16(13-18,14-7-3-1-4-8-14)15-9-5-2-6-10-15;1-2-14(17)16(12-6-4-3-5-7-12)13-8-10-15-11-9-13;;/h3-17,28H,2,18-23H2,1H3;1-10H,11-12H2;3-7,13,15H,2,8-11H2,1H3;1H4;. The van der Waals surface area contributed by atoms with Crippen LogP contribution in [0, 0.1) is 22.7 Å². The Kier molecular flexibility index (Phi) is 24.0. The molecule has 2 aliphatic heterocycles. The first-order valence-electron chi connectivity index (χ1n) is 24.6. The first kappa shape index (κ1) is 57.3. The van der Waals surface area contributed by atoms with Crippen LogP contribution in [0.1, 0.15) is 94.9 Å². The molecule has 2 heterocycles. The van der Waals surface area contributed by atoms with Crippen LogP contribution in [0.2, 0.25) is 0 Å². The summed E-state index contributed by atoms with van der Waals surface area (Å²) in [6.07, 6.45) is 6.54. The largest absolute Gasteiger partial charge is 0.317 e. The molecule has 0 aliphatic carbocycles. The van der Waals surface area contributed by atoms with Gasteiger partial charge in [0, 0.05) is 69.7 Å². The Hall–Kier alpha value is -6.30. The van der Waals surface area contributed by atoms with Crippen LogP contribution in [0.4, 0.5) is 11.4 Å². The maximum Gasteiger partial charge on any atom is 0.226 e. The monoisotopic (exact) mass is 1010 g/mol. The molecule has 10 heteroatoms. The average molecular weight is 1010 g/mol. The van der Waals surface area contributed by atoms with Gasteiger partial charge in [-0.05, 0) is 98.1 Å². The summed E-state index contributed by atoms with van der Waals surface area (Å²) in [5.74, 6) is 0.407. The van der Waals surface area contributed by atoms with E-state index in [1.807, 2.05) is 181 Å². The number of carbonyl (C=O) groups excluding carboxylic acids is 2. The minimum Gasteiger partial charge on any atom is -0.317 e. The van der Waals surface area contributed by atoms with Crippen molar-refractivity contribution in [3.8, 4) is 12.1 Å². The van der Waals surface area contributed by atoms with Crippen molar-refractivity contribution in [2.75, 3.05) is 47.9 Å². The number of nitrogens with one attached hydrogen (secondary N) is 1. The molecule has 0 atom stereocenters. The fraction of sp³-hybridized carbons (Fsp3) is 0.344. The smallest absolute Gasteiger partial charge is 0.226 e. The highest BCUT2D eigenvalue weighted by atomic mass is 79.9.